The zero-order valence-electron chi connectivity index (χ0n) is 7.32. The molecule has 0 aliphatic heterocycles. The highest BCUT2D eigenvalue weighted by molar-refractivity contribution is 8.56. The Morgan fingerprint density at radius 1 is 1.58 bits per heavy atom. The average molecular weight is 212 g/mol. The summed E-state index contributed by atoms with van der Waals surface area (Å²) < 4.78 is 10.8. The lowest BCUT2D eigenvalue weighted by molar-refractivity contribution is 0.503. The monoisotopic (exact) mass is 212 g/mol. The lowest BCUT2D eigenvalue weighted by Crippen LogP contribution is -2.20. The van der Waals surface area contributed by atoms with Gasteiger partial charge in [-0.2, -0.15) is 0 Å². The van der Waals surface area contributed by atoms with E-state index in [1.165, 1.54) is 6.66 Å². The molecule has 0 fully saturated rings. The molecule has 0 aliphatic rings. The largest absolute Gasteiger partial charge is 0.337 e. The fraction of sp³-hybridized carbons (Fsp3) is 1.00. The summed E-state index contributed by atoms with van der Waals surface area (Å²) in [5.41, 5.74) is 5.28. The van der Waals surface area contributed by atoms with E-state index in [2.05, 4.69) is 5.32 Å². The third kappa shape index (κ3) is 10.5. The average Bonchev–Trinajstić information content (AvgIpc) is 1.94. The summed E-state index contributed by atoms with van der Waals surface area (Å²) in [6.45, 7) is 0.829. The van der Waals surface area contributed by atoms with Crippen LogP contribution in [0.2, 0.25) is 0 Å². The Balaban J connectivity index is 3.06. The number of nitrogens with one attached hydrogen (secondary N) is 1. The van der Waals surface area contributed by atoms with E-state index in [9.17, 15) is 4.57 Å². The summed E-state index contributed by atoms with van der Waals surface area (Å²) in [5.74, 6) is 0.675. The first-order chi connectivity index (χ1) is 5.56. The van der Waals surface area contributed by atoms with E-state index >= 15 is 0 Å². The van der Waals surface area contributed by atoms with Crippen molar-refractivity contribution in [3.05, 3.63) is 0 Å². The van der Waals surface area contributed by atoms with Crippen LogP contribution in [0.5, 0.6) is 0 Å². The second-order valence-electron chi connectivity index (χ2n) is 2.53. The molecule has 1 unspecified atom stereocenters. The SMILES string of the molecule is CP(=O)(O)SCCNCCCN. The van der Waals surface area contributed by atoms with Gasteiger partial charge in [-0.15, -0.1) is 0 Å². The van der Waals surface area contributed by atoms with E-state index in [0.717, 1.165) is 30.9 Å². The Kier molecular flexibility index (Phi) is 7.19. The van der Waals surface area contributed by atoms with Crippen molar-refractivity contribution in [2.45, 2.75) is 6.42 Å². The van der Waals surface area contributed by atoms with Crippen molar-refractivity contribution in [2.75, 3.05) is 32.1 Å². The maximum atomic E-state index is 10.8. The quantitative estimate of drug-likeness (QED) is 0.422. The van der Waals surface area contributed by atoms with Crippen molar-refractivity contribution in [1.82, 2.24) is 5.32 Å². The van der Waals surface area contributed by atoms with Crippen molar-refractivity contribution < 1.29 is 9.46 Å². The van der Waals surface area contributed by atoms with Gasteiger partial charge in [-0.1, -0.05) is 11.4 Å². The molecule has 0 rings (SSSR count). The third-order valence-electron chi connectivity index (χ3n) is 1.17. The molecule has 1 atom stereocenters. The van der Waals surface area contributed by atoms with E-state index in [1.807, 2.05) is 0 Å². The minimum atomic E-state index is -2.87. The van der Waals surface area contributed by atoms with E-state index in [-0.39, 0.29) is 0 Å². The molecule has 12 heavy (non-hydrogen) atoms. The van der Waals surface area contributed by atoms with Crippen LogP contribution < -0.4 is 11.1 Å². The Hall–Kier alpha value is 0.460. The van der Waals surface area contributed by atoms with E-state index in [0.29, 0.717) is 12.3 Å². The van der Waals surface area contributed by atoms with Gasteiger partial charge in [0.05, 0.1) is 0 Å². The second-order valence-corrected chi connectivity index (χ2v) is 7.61. The van der Waals surface area contributed by atoms with Gasteiger partial charge in [-0.25, -0.2) is 0 Å². The number of nitrogens with two attached hydrogens (primary N) is 1. The Morgan fingerprint density at radius 3 is 2.75 bits per heavy atom. The topological polar surface area (TPSA) is 75.3 Å². The minimum Gasteiger partial charge on any atom is -0.337 e. The van der Waals surface area contributed by atoms with Crippen LogP contribution in [0.1, 0.15) is 6.42 Å². The van der Waals surface area contributed by atoms with Gasteiger partial charge in [0.15, 0.2) is 0 Å². The summed E-state index contributed by atoms with van der Waals surface area (Å²) in [4.78, 5) is 8.89. The summed E-state index contributed by atoms with van der Waals surface area (Å²) in [5, 5.41) is 3.13. The Bertz CT molecular complexity index is 150. The minimum absolute atomic E-state index is 0.675. The summed E-state index contributed by atoms with van der Waals surface area (Å²) >= 11 is 1.11. The molecule has 0 aromatic carbocycles. The highest BCUT2D eigenvalue weighted by Crippen LogP contribution is 2.50. The van der Waals surface area contributed by atoms with E-state index < -0.39 is 6.57 Å². The van der Waals surface area contributed by atoms with Gasteiger partial charge >= 0.3 is 0 Å². The van der Waals surface area contributed by atoms with Gasteiger partial charge in [0.1, 0.15) is 0 Å². The van der Waals surface area contributed by atoms with Crippen molar-refractivity contribution >= 4 is 18.0 Å². The molecule has 0 bridgehead atoms. The first-order valence-electron chi connectivity index (χ1n) is 3.92. The molecule has 0 aromatic rings. The third-order valence-corrected chi connectivity index (χ3v) is 4.02. The standard InChI is InChI=1S/C6H17N2O2PS/c1-11(9,10)12-6-5-8-4-2-3-7/h8H,2-7H2,1H3,(H,9,10). The smallest absolute Gasteiger partial charge is 0.252 e. The molecule has 74 valence electrons. The van der Waals surface area contributed by atoms with Gasteiger partial charge < -0.3 is 15.9 Å². The molecule has 4 nitrogen and oxygen atoms in total. The molecular weight excluding hydrogens is 195 g/mol. The van der Waals surface area contributed by atoms with Crippen LogP contribution in [-0.4, -0.2) is 36.9 Å². The Morgan fingerprint density at radius 2 is 2.25 bits per heavy atom. The molecule has 0 amide bonds. The van der Waals surface area contributed by atoms with Crippen LogP contribution in [0.25, 0.3) is 0 Å². The van der Waals surface area contributed by atoms with E-state index in [1.54, 1.807) is 0 Å². The maximum Gasteiger partial charge on any atom is 0.252 e. The Labute approximate surface area is 77.5 Å². The molecule has 6 heteroatoms. The summed E-state index contributed by atoms with van der Waals surface area (Å²) in [7, 11) is 0. The van der Waals surface area contributed by atoms with Gasteiger partial charge in [0.25, 0.3) is 6.57 Å². The first kappa shape index (κ1) is 12.5. The zero-order valence-corrected chi connectivity index (χ0v) is 9.03. The van der Waals surface area contributed by atoms with Gasteiger partial charge in [0.2, 0.25) is 0 Å². The number of rotatable bonds is 7. The normalized spacial score (nSPS) is 15.9. The second kappa shape index (κ2) is 6.92. The fourth-order valence-corrected chi connectivity index (χ4v) is 2.50. The molecule has 4 N–H and O–H groups in total. The molecule has 0 aliphatic carbocycles. The highest BCUT2D eigenvalue weighted by Gasteiger charge is 2.08. The van der Waals surface area contributed by atoms with Crippen molar-refractivity contribution in [1.29, 1.82) is 0 Å². The van der Waals surface area contributed by atoms with Gasteiger partial charge in [0, 0.05) is 19.0 Å². The number of hydrogen-bond acceptors (Lipinski definition) is 4. The summed E-state index contributed by atoms with van der Waals surface area (Å²) in [6, 6.07) is 0. The zero-order chi connectivity index (χ0) is 9.45. The van der Waals surface area contributed by atoms with Crippen molar-refractivity contribution in [3.63, 3.8) is 0 Å². The van der Waals surface area contributed by atoms with Gasteiger partial charge in [-0.05, 0) is 19.5 Å². The molecule has 0 aromatic heterocycles. The lowest BCUT2D eigenvalue weighted by atomic mass is 10.4. The van der Waals surface area contributed by atoms with Crippen molar-refractivity contribution in [3.8, 4) is 0 Å². The van der Waals surface area contributed by atoms with Gasteiger partial charge in [-0.3, -0.25) is 4.57 Å². The first-order valence-corrected chi connectivity index (χ1v) is 7.61. The van der Waals surface area contributed by atoms with E-state index in [4.69, 9.17) is 10.6 Å². The summed E-state index contributed by atoms with van der Waals surface area (Å²) in [6.07, 6.45) is 0.952. The lowest BCUT2D eigenvalue weighted by Gasteiger charge is -2.05. The van der Waals surface area contributed by atoms with Crippen LogP contribution in [0.15, 0.2) is 0 Å². The molecule has 0 heterocycles. The van der Waals surface area contributed by atoms with Crippen LogP contribution in [0.3, 0.4) is 0 Å². The number of hydrogen-bond donors (Lipinski definition) is 3. The maximum absolute atomic E-state index is 10.8. The molecular formula is C6H17N2O2PS. The van der Waals surface area contributed by atoms with Crippen LogP contribution in [0, 0.1) is 0 Å². The predicted octanol–water partition coefficient (Wildman–Crippen LogP) is 0.473. The van der Waals surface area contributed by atoms with Crippen LogP contribution in [-0.2, 0) is 4.57 Å². The molecule has 0 spiro atoms. The molecule has 0 saturated heterocycles. The molecule has 0 radical (unpaired) electrons. The predicted molar refractivity (Wildman–Crippen MR) is 54.7 cm³/mol. The van der Waals surface area contributed by atoms with Crippen LogP contribution in [0.4, 0.5) is 0 Å². The fourth-order valence-electron chi connectivity index (χ4n) is 0.639. The highest BCUT2D eigenvalue weighted by atomic mass is 32.7. The molecule has 0 saturated carbocycles. The van der Waals surface area contributed by atoms with Crippen LogP contribution >= 0.6 is 18.0 Å². The van der Waals surface area contributed by atoms with Crippen molar-refractivity contribution in [2.24, 2.45) is 5.73 Å².